The van der Waals surface area contributed by atoms with Crippen molar-refractivity contribution in [1.29, 1.82) is 0 Å². The Labute approximate surface area is 793 Å². The van der Waals surface area contributed by atoms with Crippen LogP contribution in [-0.4, -0.2) is 72.6 Å². The van der Waals surface area contributed by atoms with Gasteiger partial charge in [0.05, 0.1) is 179 Å². The molecule has 0 radical (unpaired) electrons. The Kier molecular flexibility index (Phi) is 23.2. The zero-order valence-electron chi connectivity index (χ0n) is 67.4. The Bertz CT molecular complexity index is 7340. The summed E-state index contributed by atoms with van der Waals surface area (Å²) in [4.78, 5) is 37.9. The Morgan fingerprint density at radius 3 is 0.419 bits per heavy atom. The number of rotatable bonds is 4. The maximum atomic E-state index is 6.82. The summed E-state index contributed by atoms with van der Waals surface area (Å²) in [5, 5.41) is 0. The van der Waals surface area contributed by atoms with Crippen molar-refractivity contribution in [3.8, 4) is 44.5 Å². The molecule has 0 N–H and O–H groups in total. The van der Waals surface area contributed by atoms with E-state index >= 15 is 0 Å². The van der Waals surface area contributed by atoms with E-state index in [9.17, 15) is 0 Å². The largest absolute Gasteiger partial charge is 0.254 e. The Morgan fingerprint density at radius 2 is 0.271 bits per heavy atom. The summed E-state index contributed by atoms with van der Waals surface area (Å²) < 4.78 is 13.1. The number of benzene rings is 4. The summed E-state index contributed by atoms with van der Waals surface area (Å²) in [6.45, 7) is 0. The fourth-order valence-corrected chi connectivity index (χ4v) is 17.7. The number of nitrogens with zero attached hydrogens (tertiary/aromatic N) is 16. The number of aromatic nitrogens is 16. The Morgan fingerprint density at radius 1 is 0.140 bits per heavy atom. The SMILES string of the molecule is Cln1c2ccc1cc1nc(cc3c(-c4ccccc4)cc(cc4nc(c2)C=C4)n3Cl)C=C1.Cln1c2ccc1cc1nc(cc3c(-c4ccccc4)cc(cc4nc(c2)C=C4)n3Cl)C=C1.Cln1c2ccc1cc1nc(cc3c(-c4ccccc4)cc(cc4nc(c2)C=C4)n3Cl)C=C1.Cln1c2ccc1cc1nc(cc3c(-c4ccccc4)cc(cc4nc(c2)C=C4)n3Cl)C=C1.[Pt]. The molecule has 0 atom stereocenters. The van der Waals surface area contributed by atoms with Gasteiger partial charge >= 0.3 is 0 Å². The van der Waals surface area contributed by atoms with Gasteiger partial charge in [0, 0.05) is 138 Å². The molecule has 12 aromatic heterocycles. The van der Waals surface area contributed by atoms with Crippen molar-refractivity contribution < 1.29 is 21.1 Å². The third kappa shape index (κ3) is 17.6. The zero-order chi connectivity index (χ0) is 86.6. The molecule has 0 amide bonds. The minimum atomic E-state index is 0. The third-order valence-electron chi connectivity index (χ3n) is 22.0. The summed E-state index contributed by atoms with van der Waals surface area (Å²) >= 11 is 53.5. The second-order valence-corrected chi connectivity index (χ2v) is 33.3. The molecule has 0 saturated heterocycles. The van der Waals surface area contributed by atoms with E-state index in [-0.39, 0.29) is 21.1 Å². The summed E-state index contributed by atoms with van der Waals surface area (Å²) in [5.74, 6) is 0. The van der Waals surface area contributed by atoms with Crippen LogP contribution in [0.1, 0.15) is 91.1 Å². The van der Waals surface area contributed by atoms with Crippen LogP contribution >= 0.6 is 94.2 Å². The first-order valence-electron chi connectivity index (χ1n) is 40.6. The molecule has 0 spiro atoms. The Balaban J connectivity index is 0.000000108. The van der Waals surface area contributed by atoms with Crippen LogP contribution in [0.4, 0.5) is 0 Å². The molecule has 8 aliphatic rings. The average Bonchev–Trinajstić information content (AvgIpc) is 1.64. The molecule has 20 heterocycles. The molecule has 8 aliphatic heterocycles. The maximum absolute atomic E-state index is 6.82. The van der Waals surface area contributed by atoms with Crippen molar-refractivity contribution in [2.24, 2.45) is 0 Å². The fraction of sp³-hybridized carbons (Fsp3) is 0. The van der Waals surface area contributed by atoms with Gasteiger partial charge in [0.25, 0.3) is 0 Å². The van der Waals surface area contributed by atoms with Crippen molar-refractivity contribution in [1.82, 2.24) is 72.6 Å². The van der Waals surface area contributed by atoms with Gasteiger partial charge in [-0.2, -0.15) is 0 Å². The molecule has 0 unspecified atom stereocenters. The van der Waals surface area contributed by atoms with Gasteiger partial charge in [0.2, 0.25) is 0 Å². The second-order valence-electron chi connectivity index (χ2n) is 30.6. The van der Waals surface area contributed by atoms with E-state index < -0.39 is 0 Å². The number of hydrogen-bond acceptors (Lipinski definition) is 8. The number of hydrogen-bond donors (Lipinski definition) is 0. The van der Waals surface area contributed by atoms with Gasteiger partial charge in [-0.15, -0.1) is 0 Å². The molecule has 24 rings (SSSR count). The van der Waals surface area contributed by atoms with Crippen molar-refractivity contribution in [2.45, 2.75) is 0 Å². The molecule has 16 aromatic rings. The van der Waals surface area contributed by atoms with E-state index in [0.29, 0.717) is 0 Å². The van der Waals surface area contributed by atoms with Crippen molar-refractivity contribution in [3.63, 3.8) is 0 Å². The van der Waals surface area contributed by atoms with Gasteiger partial charge in [0.15, 0.2) is 0 Å². The molecular weight excluding hydrogens is 1950 g/mol. The minimum absolute atomic E-state index is 0. The second kappa shape index (κ2) is 35.8. The van der Waals surface area contributed by atoms with Gasteiger partial charge in [-0.25, -0.2) is 39.9 Å². The summed E-state index contributed by atoms with van der Waals surface area (Å²) in [7, 11) is 0. The predicted octanol–water partition coefficient (Wildman–Crippen LogP) is 29.1. The van der Waals surface area contributed by atoms with Crippen LogP contribution in [0, 0.1) is 0 Å². The third-order valence-corrected chi connectivity index (χ3v) is 25.1. The first-order valence-corrected chi connectivity index (χ1v) is 43.3. The van der Waals surface area contributed by atoms with E-state index in [1.54, 1.807) is 32.7 Å². The van der Waals surface area contributed by atoms with Crippen LogP contribution in [0.15, 0.2) is 291 Å². The molecule has 4 aromatic carbocycles. The summed E-state index contributed by atoms with van der Waals surface area (Å²) in [6.07, 6.45) is 31.5. The molecule has 32 bridgehead atoms. The monoisotopic (exact) mass is 2010 g/mol. The minimum Gasteiger partial charge on any atom is -0.254 e. The van der Waals surface area contributed by atoms with Crippen molar-refractivity contribution in [2.75, 3.05) is 0 Å². The normalized spacial score (nSPS) is 12.3. The molecule has 16 nitrogen and oxygen atoms in total. The maximum Gasteiger partial charge on any atom is 0.0682 e. The van der Waals surface area contributed by atoms with Gasteiger partial charge in [-0.3, -0.25) is 32.7 Å². The van der Waals surface area contributed by atoms with Crippen LogP contribution in [-0.2, 0) is 21.1 Å². The van der Waals surface area contributed by atoms with Crippen LogP contribution in [0.5, 0.6) is 0 Å². The number of fused-ring (bicyclic) bond motifs is 32. The quantitative estimate of drug-likeness (QED) is 0.169. The molecule has 0 aliphatic carbocycles. The van der Waals surface area contributed by atoms with E-state index in [1.807, 2.05) is 316 Å². The topological polar surface area (TPSA) is 143 Å². The predicted molar refractivity (Wildman–Crippen MR) is 536 cm³/mol. The van der Waals surface area contributed by atoms with Crippen LogP contribution < -0.4 is 0 Å². The first kappa shape index (κ1) is 83.5. The van der Waals surface area contributed by atoms with Crippen LogP contribution in [0.2, 0.25) is 0 Å². The zero-order valence-corrected chi connectivity index (χ0v) is 75.8. The molecular formula is C104H64Cl8N16Pt. The molecule has 0 saturated carbocycles. The fourth-order valence-electron chi connectivity index (χ4n) is 15.9. The molecule has 0 fully saturated rings. The molecule has 129 heavy (non-hydrogen) atoms. The van der Waals surface area contributed by atoms with Crippen LogP contribution in [0.3, 0.4) is 0 Å². The van der Waals surface area contributed by atoms with Gasteiger partial charge < -0.3 is 0 Å². The van der Waals surface area contributed by atoms with E-state index in [4.69, 9.17) is 134 Å². The van der Waals surface area contributed by atoms with Crippen molar-refractivity contribution in [3.05, 3.63) is 382 Å². The van der Waals surface area contributed by atoms with Gasteiger partial charge in [0.1, 0.15) is 0 Å². The molecule has 626 valence electrons. The van der Waals surface area contributed by atoms with Crippen LogP contribution in [0.25, 0.3) is 230 Å². The first-order chi connectivity index (χ1) is 62.5. The molecule has 25 heteroatoms. The van der Waals surface area contributed by atoms with Gasteiger partial charge in [-0.1, -0.05) is 121 Å². The standard InChI is InChI=1S/4C26H16Cl2N4.Pt/c4*27-31-22-10-11-23(31)13-19-8-9-21(30-19)15-26-25(17-4-2-1-3-5-17)16-24(32(26)28)14-20-7-6-18(12-22)29-20;/h4*1-16H;. The Hall–Kier alpha value is -13.7. The van der Waals surface area contributed by atoms with E-state index in [1.165, 1.54) is 0 Å². The van der Waals surface area contributed by atoms with Gasteiger partial charge in [-0.05, 0) is 289 Å². The van der Waals surface area contributed by atoms with E-state index in [0.717, 1.165) is 224 Å². The summed E-state index contributed by atoms with van der Waals surface area (Å²) in [6, 6.07) is 96.4. The average molecular weight is 2020 g/mol. The number of halogens is 8. The smallest absolute Gasteiger partial charge is 0.0682 e. The van der Waals surface area contributed by atoms with E-state index in [2.05, 4.69) is 72.8 Å². The van der Waals surface area contributed by atoms with Crippen molar-refractivity contribution >= 4 is 280 Å². The summed E-state index contributed by atoms with van der Waals surface area (Å²) in [5.41, 5.74) is 35.2.